The van der Waals surface area contributed by atoms with Crippen LogP contribution >= 0.6 is 11.6 Å². The molecule has 0 spiro atoms. The number of carboxylic acids is 2. The molecule has 2 heterocycles. The average Bonchev–Trinajstić information content (AvgIpc) is 3.11. The second kappa shape index (κ2) is 11.3. The molecule has 1 unspecified atom stereocenters. The van der Waals surface area contributed by atoms with Crippen molar-refractivity contribution in [3.8, 4) is 0 Å². The predicted octanol–water partition coefficient (Wildman–Crippen LogP) is 4.44. The van der Waals surface area contributed by atoms with E-state index in [0.29, 0.717) is 0 Å². The van der Waals surface area contributed by atoms with Crippen molar-refractivity contribution in [2.45, 2.75) is 44.6 Å². The quantitative estimate of drug-likeness (QED) is 0.608. The van der Waals surface area contributed by atoms with E-state index < -0.39 is 11.9 Å². The summed E-state index contributed by atoms with van der Waals surface area (Å²) in [5, 5.41) is 20.1. The third kappa shape index (κ3) is 6.20. The summed E-state index contributed by atoms with van der Waals surface area (Å²) in [7, 11) is 0. The molecule has 0 bridgehead atoms. The first-order valence-electron chi connectivity index (χ1n) is 10.8. The number of nitrogens with zero attached hydrogens (tertiary/aromatic N) is 1. The topological polar surface area (TPSA) is 89.9 Å². The molecule has 8 heteroatoms. The number of benzene rings is 2. The number of carbonyl (C=O) groups is 2. The van der Waals surface area contributed by atoms with E-state index >= 15 is 0 Å². The number of rotatable bonds is 5. The van der Waals surface area contributed by atoms with Crippen molar-refractivity contribution >= 4 is 29.2 Å². The first kappa shape index (κ1) is 24.0. The van der Waals surface area contributed by atoms with E-state index in [2.05, 4.69) is 16.3 Å². The van der Waals surface area contributed by atoms with Gasteiger partial charge in [0.25, 0.3) is 0 Å². The number of nitrogens with one attached hydrogen (secondary N) is 1. The van der Waals surface area contributed by atoms with E-state index in [9.17, 15) is 14.0 Å². The number of hydrogen-bond acceptors (Lipinski definition) is 4. The lowest BCUT2D eigenvalue weighted by molar-refractivity contribution is -0.143. The van der Waals surface area contributed by atoms with Gasteiger partial charge in [0.15, 0.2) is 0 Å². The van der Waals surface area contributed by atoms with Crippen molar-refractivity contribution in [2.75, 3.05) is 24.5 Å². The zero-order valence-electron chi connectivity index (χ0n) is 17.8. The van der Waals surface area contributed by atoms with E-state index in [1.165, 1.54) is 22.4 Å². The molecule has 0 aromatic heterocycles. The third-order valence-corrected chi connectivity index (χ3v) is 6.11. The molecule has 32 heavy (non-hydrogen) atoms. The highest BCUT2D eigenvalue weighted by Gasteiger charge is 2.30. The molecule has 1 atom stereocenters. The Kier molecular flexibility index (Phi) is 8.47. The molecule has 2 aliphatic rings. The highest BCUT2D eigenvalue weighted by Crippen LogP contribution is 2.42. The Bertz CT molecular complexity index is 938. The Balaban J connectivity index is 0.000000312. The lowest BCUT2D eigenvalue weighted by Gasteiger charge is -2.31. The zero-order chi connectivity index (χ0) is 23.1. The van der Waals surface area contributed by atoms with E-state index in [1.807, 2.05) is 18.2 Å². The number of carboxylic acid groups (broad SMARTS) is 2. The van der Waals surface area contributed by atoms with E-state index in [-0.39, 0.29) is 24.7 Å². The fraction of sp³-hybridized carbons (Fsp3) is 0.417. The Morgan fingerprint density at radius 1 is 1.03 bits per heavy atom. The van der Waals surface area contributed by atoms with Gasteiger partial charge in [-0.15, -0.1) is 0 Å². The van der Waals surface area contributed by atoms with Crippen LogP contribution in [0.2, 0.25) is 5.02 Å². The predicted molar refractivity (Wildman–Crippen MR) is 122 cm³/mol. The van der Waals surface area contributed by atoms with Crippen molar-refractivity contribution in [1.82, 2.24) is 5.32 Å². The van der Waals surface area contributed by atoms with Gasteiger partial charge in [0, 0.05) is 6.54 Å². The van der Waals surface area contributed by atoms with Gasteiger partial charge in [-0.1, -0.05) is 29.8 Å². The summed E-state index contributed by atoms with van der Waals surface area (Å²) in [4.78, 5) is 21.7. The van der Waals surface area contributed by atoms with Crippen LogP contribution in [0.3, 0.4) is 0 Å². The van der Waals surface area contributed by atoms with Crippen LogP contribution in [0.25, 0.3) is 0 Å². The molecule has 0 radical (unpaired) electrons. The summed E-state index contributed by atoms with van der Waals surface area (Å²) in [5.74, 6) is -2.33. The van der Waals surface area contributed by atoms with Crippen LogP contribution in [-0.2, 0) is 22.4 Å². The maximum Gasteiger partial charge on any atom is 0.303 e. The third-order valence-electron chi connectivity index (χ3n) is 5.80. The number of hydrogen-bond donors (Lipinski definition) is 3. The standard InChI is InChI=1S/C20H22ClFN2.C4H6O4/c21-18-8-5-14-9-11-23-12-10-17(14)20(18)24-13-1-2-19(24)15-3-6-16(22)7-4-15;5-3(6)1-2-4(7)8/h3-8,19,23H,1-2,9-13H2;1-2H2,(H,5,6)(H,7,8). The number of anilines is 1. The normalized spacial score (nSPS) is 17.7. The van der Waals surface area contributed by atoms with Crippen molar-refractivity contribution in [1.29, 1.82) is 0 Å². The fourth-order valence-electron chi connectivity index (χ4n) is 4.31. The average molecular weight is 463 g/mol. The second-order valence-electron chi connectivity index (χ2n) is 7.97. The summed E-state index contributed by atoms with van der Waals surface area (Å²) in [6, 6.07) is 11.4. The van der Waals surface area contributed by atoms with Crippen LogP contribution in [0.4, 0.5) is 10.1 Å². The highest BCUT2D eigenvalue weighted by atomic mass is 35.5. The molecular weight excluding hydrogens is 435 g/mol. The fourth-order valence-corrected chi connectivity index (χ4v) is 4.60. The highest BCUT2D eigenvalue weighted by molar-refractivity contribution is 6.33. The van der Waals surface area contributed by atoms with Crippen LogP contribution in [0.5, 0.6) is 0 Å². The molecule has 0 amide bonds. The molecule has 1 fully saturated rings. The molecule has 3 N–H and O–H groups in total. The summed E-state index contributed by atoms with van der Waals surface area (Å²) >= 11 is 6.65. The second-order valence-corrected chi connectivity index (χ2v) is 8.38. The van der Waals surface area contributed by atoms with Crippen LogP contribution in [0, 0.1) is 5.82 Å². The molecule has 2 aromatic carbocycles. The molecule has 2 aromatic rings. The number of halogens is 2. The molecular formula is C24H28ClFN2O4. The molecule has 172 valence electrons. The molecule has 1 saturated heterocycles. The number of aliphatic carboxylic acids is 2. The van der Waals surface area contributed by atoms with E-state index in [0.717, 1.165) is 50.3 Å². The van der Waals surface area contributed by atoms with Gasteiger partial charge in [-0.3, -0.25) is 9.59 Å². The zero-order valence-corrected chi connectivity index (χ0v) is 18.6. The summed E-state index contributed by atoms with van der Waals surface area (Å²) in [5.41, 5.74) is 5.17. The SMILES string of the molecule is Fc1ccc(C2CCCN2c2c(Cl)ccc3c2CCNCC3)cc1.O=C(O)CCC(=O)O. The van der Waals surface area contributed by atoms with Gasteiger partial charge >= 0.3 is 11.9 Å². The molecule has 4 rings (SSSR count). The molecule has 2 aliphatic heterocycles. The smallest absolute Gasteiger partial charge is 0.303 e. The Labute approximate surface area is 192 Å². The largest absolute Gasteiger partial charge is 0.481 e. The summed E-state index contributed by atoms with van der Waals surface area (Å²) in [6.45, 7) is 3.02. The minimum atomic E-state index is -1.08. The van der Waals surface area contributed by atoms with Crippen LogP contribution < -0.4 is 10.2 Å². The van der Waals surface area contributed by atoms with Crippen LogP contribution in [0.15, 0.2) is 36.4 Å². The van der Waals surface area contributed by atoms with Gasteiger partial charge in [-0.25, -0.2) is 4.39 Å². The van der Waals surface area contributed by atoms with Gasteiger partial charge < -0.3 is 20.4 Å². The van der Waals surface area contributed by atoms with Crippen molar-refractivity contribution in [3.05, 3.63) is 63.9 Å². The van der Waals surface area contributed by atoms with Gasteiger partial charge in [-0.05, 0) is 73.7 Å². The first-order valence-corrected chi connectivity index (χ1v) is 11.2. The Hall–Kier alpha value is -2.64. The van der Waals surface area contributed by atoms with E-state index in [1.54, 1.807) is 12.1 Å². The monoisotopic (exact) mass is 462 g/mol. The van der Waals surface area contributed by atoms with Crippen molar-refractivity contribution in [3.63, 3.8) is 0 Å². The summed E-state index contributed by atoms with van der Waals surface area (Å²) in [6.07, 6.45) is 3.70. The Morgan fingerprint density at radius 2 is 1.69 bits per heavy atom. The lowest BCUT2D eigenvalue weighted by atomic mass is 9.98. The van der Waals surface area contributed by atoms with Gasteiger partial charge in [0.1, 0.15) is 5.82 Å². The summed E-state index contributed by atoms with van der Waals surface area (Å²) < 4.78 is 13.3. The minimum absolute atomic E-state index is 0.180. The molecule has 0 aliphatic carbocycles. The first-order chi connectivity index (χ1) is 15.4. The van der Waals surface area contributed by atoms with Crippen LogP contribution in [-0.4, -0.2) is 41.8 Å². The maximum atomic E-state index is 13.3. The van der Waals surface area contributed by atoms with Gasteiger partial charge in [0.2, 0.25) is 0 Å². The van der Waals surface area contributed by atoms with E-state index in [4.69, 9.17) is 21.8 Å². The molecule has 0 saturated carbocycles. The number of fused-ring (bicyclic) bond motifs is 1. The molecule has 6 nitrogen and oxygen atoms in total. The minimum Gasteiger partial charge on any atom is -0.481 e. The van der Waals surface area contributed by atoms with Crippen molar-refractivity contribution < 1.29 is 24.2 Å². The Morgan fingerprint density at radius 3 is 2.34 bits per heavy atom. The maximum absolute atomic E-state index is 13.3. The lowest BCUT2D eigenvalue weighted by Crippen LogP contribution is -2.25. The van der Waals surface area contributed by atoms with Crippen molar-refractivity contribution in [2.24, 2.45) is 0 Å². The van der Waals surface area contributed by atoms with Gasteiger partial charge in [0.05, 0.1) is 29.6 Å². The van der Waals surface area contributed by atoms with Crippen LogP contribution in [0.1, 0.15) is 48.4 Å². The van der Waals surface area contributed by atoms with Gasteiger partial charge in [-0.2, -0.15) is 0 Å².